The van der Waals surface area contributed by atoms with Gasteiger partial charge in [0.2, 0.25) is 0 Å². The molecule has 0 unspecified atom stereocenters. The lowest BCUT2D eigenvalue weighted by Crippen LogP contribution is -2.24. The van der Waals surface area contributed by atoms with E-state index in [1.165, 1.54) is 7.05 Å². The summed E-state index contributed by atoms with van der Waals surface area (Å²) in [4.78, 5) is 12.4. The van der Waals surface area contributed by atoms with E-state index in [0.29, 0.717) is 6.61 Å². The first kappa shape index (κ1) is 13.1. The molecule has 0 fully saturated rings. The highest BCUT2D eigenvalue weighted by Gasteiger charge is 1.96. The van der Waals surface area contributed by atoms with Gasteiger partial charge in [0.15, 0.2) is 0 Å². The van der Waals surface area contributed by atoms with Gasteiger partial charge in [-0.15, -0.1) is 12.4 Å². The largest absolute Gasteiger partial charge is 0.448 e. The van der Waals surface area contributed by atoms with E-state index >= 15 is 0 Å². The molecule has 68 valence electrons. The molecule has 5 heteroatoms. The third-order valence-electron chi connectivity index (χ3n) is 0.976. The summed E-state index contributed by atoms with van der Waals surface area (Å²) in [5.74, 6) is 0. The van der Waals surface area contributed by atoms with Gasteiger partial charge in [-0.05, 0) is 14.1 Å². The van der Waals surface area contributed by atoms with Gasteiger partial charge in [-0.25, -0.2) is 4.79 Å². The molecule has 0 aliphatic rings. The number of nitrogens with zero attached hydrogens (tertiary/aromatic N) is 1. The van der Waals surface area contributed by atoms with Crippen molar-refractivity contribution >= 4 is 18.5 Å². The minimum Gasteiger partial charge on any atom is -0.448 e. The topological polar surface area (TPSA) is 41.6 Å². The monoisotopic (exact) mass is 182 g/mol. The second-order valence-corrected chi connectivity index (χ2v) is 2.19. The van der Waals surface area contributed by atoms with Gasteiger partial charge in [0, 0.05) is 13.6 Å². The van der Waals surface area contributed by atoms with Crippen molar-refractivity contribution in [1.82, 2.24) is 10.2 Å². The standard InChI is InChI=1S/C6H14N2O2.ClH/c1-7-6(9)10-5-4-8(2)3;/h4-5H2,1-3H3,(H,7,9);1H. The number of likely N-dealkylation sites (N-methyl/N-ethyl adjacent to an activating group) is 1. The Morgan fingerprint density at radius 3 is 2.45 bits per heavy atom. The van der Waals surface area contributed by atoms with Gasteiger partial charge >= 0.3 is 6.09 Å². The molecule has 0 spiro atoms. The van der Waals surface area contributed by atoms with Crippen LogP contribution in [0.1, 0.15) is 0 Å². The van der Waals surface area contributed by atoms with Gasteiger partial charge in [-0.2, -0.15) is 0 Å². The Kier molecular flexibility index (Phi) is 9.10. The summed E-state index contributed by atoms with van der Waals surface area (Å²) in [6.45, 7) is 1.19. The molecule has 0 heterocycles. The first-order valence-electron chi connectivity index (χ1n) is 3.16. The van der Waals surface area contributed by atoms with E-state index in [1.807, 2.05) is 19.0 Å². The van der Waals surface area contributed by atoms with Crippen LogP contribution in [0.2, 0.25) is 0 Å². The first-order chi connectivity index (χ1) is 4.66. The van der Waals surface area contributed by atoms with Crippen LogP contribution >= 0.6 is 12.4 Å². The predicted octanol–water partition coefficient (Wildman–Crippen LogP) is 0.326. The molecule has 0 aromatic carbocycles. The number of halogens is 1. The van der Waals surface area contributed by atoms with Gasteiger partial charge in [-0.1, -0.05) is 0 Å². The molecule has 0 bridgehead atoms. The van der Waals surface area contributed by atoms with E-state index in [-0.39, 0.29) is 18.5 Å². The Morgan fingerprint density at radius 2 is 2.09 bits per heavy atom. The quantitative estimate of drug-likeness (QED) is 0.684. The van der Waals surface area contributed by atoms with E-state index in [1.54, 1.807) is 0 Å². The zero-order valence-electron chi connectivity index (χ0n) is 7.09. The Balaban J connectivity index is 0. The van der Waals surface area contributed by atoms with Crippen LogP contribution in [0.15, 0.2) is 0 Å². The molecule has 0 aliphatic carbocycles. The highest BCUT2D eigenvalue weighted by atomic mass is 35.5. The zero-order chi connectivity index (χ0) is 7.98. The van der Waals surface area contributed by atoms with Crippen molar-refractivity contribution in [3.05, 3.63) is 0 Å². The number of carbonyl (C=O) groups is 1. The van der Waals surface area contributed by atoms with E-state index in [0.717, 1.165) is 6.54 Å². The van der Waals surface area contributed by atoms with Crippen LogP contribution in [0.5, 0.6) is 0 Å². The van der Waals surface area contributed by atoms with Crippen LogP contribution in [0.3, 0.4) is 0 Å². The van der Waals surface area contributed by atoms with Crippen LogP contribution in [-0.2, 0) is 4.74 Å². The zero-order valence-corrected chi connectivity index (χ0v) is 7.90. The summed E-state index contributed by atoms with van der Waals surface area (Å²) in [5, 5.41) is 2.36. The molecule has 4 nitrogen and oxygen atoms in total. The number of ether oxygens (including phenoxy) is 1. The smallest absolute Gasteiger partial charge is 0.406 e. The number of rotatable bonds is 3. The summed E-state index contributed by atoms with van der Waals surface area (Å²) >= 11 is 0. The van der Waals surface area contributed by atoms with Crippen LogP contribution < -0.4 is 5.32 Å². The third-order valence-corrected chi connectivity index (χ3v) is 0.976. The highest BCUT2D eigenvalue weighted by Crippen LogP contribution is 1.78. The average Bonchev–Trinajstić information content (AvgIpc) is 1.87. The molecule has 1 N–H and O–H groups in total. The average molecular weight is 183 g/mol. The summed E-state index contributed by atoms with van der Waals surface area (Å²) in [5.41, 5.74) is 0. The predicted molar refractivity (Wildman–Crippen MR) is 46.2 cm³/mol. The van der Waals surface area contributed by atoms with E-state index in [9.17, 15) is 4.79 Å². The third kappa shape index (κ3) is 9.52. The molecule has 0 aromatic rings. The lowest BCUT2D eigenvalue weighted by Gasteiger charge is -2.08. The summed E-state index contributed by atoms with van der Waals surface area (Å²) in [6, 6.07) is 0. The summed E-state index contributed by atoms with van der Waals surface area (Å²) in [7, 11) is 5.39. The number of carbonyl (C=O) groups excluding carboxylic acids is 1. The van der Waals surface area contributed by atoms with E-state index < -0.39 is 0 Å². The van der Waals surface area contributed by atoms with E-state index in [4.69, 9.17) is 4.74 Å². The second kappa shape index (κ2) is 7.63. The van der Waals surface area contributed by atoms with Crippen molar-refractivity contribution in [3.63, 3.8) is 0 Å². The fourth-order valence-corrected chi connectivity index (χ4v) is 0.393. The van der Waals surface area contributed by atoms with Crippen LogP contribution in [0, 0.1) is 0 Å². The SMILES string of the molecule is CNC(=O)OCCN(C)C.Cl. The molecule has 11 heavy (non-hydrogen) atoms. The fourth-order valence-electron chi connectivity index (χ4n) is 0.393. The minimum atomic E-state index is -0.373. The van der Waals surface area contributed by atoms with Gasteiger partial charge in [0.25, 0.3) is 0 Å². The fraction of sp³-hybridized carbons (Fsp3) is 0.833. The molecule has 0 saturated heterocycles. The van der Waals surface area contributed by atoms with Gasteiger partial charge in [0.1, 0.15) is 6.61 Å². The second-order valence-electron chi connectivity index (χ2n) is 2.19. The normalized spacial score (nSPS) is 8.73. The maximum Gasteiger partial charge on any atom is 0.406 e. The van der Waals surface area contributed by atoms with Crippen LogP contribution in [0.25, 0.3) is 0 Å². The molecule has 0 atom stereocenters. The van der Waals surface area contributed by atoms with Gasteiger partial charge < -0.3 is 15.0 Å². The molecule has 0 saturated carbocycles. The first-order valence-corrected chi connectivity index (χ1v) is 3.16. The summed E-state index contributed by atoms with van der Waals surface area (Å²) in [6.07, 6.45) is -0.373. The Bertz CT molecular complexity index is 109. The van der Waals surface area contributed by atoms with Crippen molar-refractivity contribution < 1.29 is 9.53 Å². The lowest BCUT2D eigenvalue weighted by atomic mass is 10.6. The summed E-state index contributed by atoms with van der Waals surface area (Å²) < 4.78 is 4.71. The number of amides is 1. The van der Waals surface area contributed by atoms with Gasteiger partial charge in [0.05, 0.1) is 0 Å². The minimum absolute atomic E-state index is 0. The molecule has 0 rings (SSSR count). The number of nitrogens with one attached hydrogen (secondary N) is 1. The Morgan fingerprint density at radius 1 is 1.55 bits per heavy atom. The molecule has 0 aliphatic heterocycles. The molecular formula is C6H15ClN2O2. The van der Waals surface area contributed by atoms with Crippen molar-refractivity contribution in [3.8, 4) is 0 Å². The van der Waals surface area contributed by atoms with Crippen molar-refractivity contribution in [2.75, 3.05) is 34.3 Å². The van der Waals surface area contributed by atoms with Crippen molar-refractivity contribution in [2.24, 2.45) is 0 Å². The number of hydrogen-bond donors (Lipinski definition) is 1. The maximum absolute atomic E-state index is 10.4. The molecule has 0 aromatic heterocycles. The van der Waals surface area contributed by atoms with Crippen LogP contribution in [-0.4, -0.2) is 45.3 Å². The highest BCUT2D eigenvalue weighted by molar-refractivity contribution is 5.85. The Hall–Kier alpha value is -0.480. The molecular weight excluding hydrogens is 168 g/mol. The van der Waals surface area contributed by atoms with Crippen molar-refractivity contribution in [1.29, 1.82) is 0 Å². The number of alkyl carbamates (subject to hydrolysis) is 1. The molecule has 1 amide bonds. The van der Waals surface area contributed by atoms with E-state index in [2.05, 4.69) is 5.32 Å². The maximum atomic E-state index is 10.4. The molecule has 0 radical (unpaired) electrons. The lowest BCUT2D eigenvalue weighted by molar-refractivity contribution is 0.139. The van der Waals surface area contributed by atoms with Gasteiger partial charge in [-0.3, -0.25) is 0 Å². The van der Waals surface area contributed by atoms with Crippen molar-refractivity contribution in [2.45, 2.75) is 0 Å². The Labute approximate surface area is 73.3 Å². The van der Waals surface area contributed by atoms with Crippen LogP contribution in [0.4, 0.5) is 4.79 Å². The number of hydrogen-bond acceptors (Lipinski definition) is 3.